The molecule has 0 unspecified atom stereocenters. The van der Waals surface area contributed by atoms with Crippen molar-refractivity contribution in [3.8, 4) is 11.3 Å². The van der Waals surface area contributed by atoms with E-state index in [2.05, 4.69) is 49.6 Å². The number of carbonyl (C=O) groups is 1. The molecule has 16 heteroatoms. The van der Waals surface area contributed by atoms with E-state index < -0.39 is 20.2 Å². The Labute approximate surface area is 273 Å². The first-order chi connectivity index (χ1) is 21.5. The predicted molar refractivity (Wildman–Crippen MR) is 182 cm³/mol. The average molecular weight is 691 g/mol. The lowest BCUT2D eigenvalue weighted by atomic mass is 10.1. The largest absolute Gasteiger partial charge is 0.331 e. The third-order valence-electron chi connectivity index (χ3n) is 6.42. The first kappa shape index (κ1) is 36.7. The molecule has 248 valence electrons. The molecule has 0 aliphatic carbocycles. The molecular formula is C30H38N6O7S3. The van der Waals surface area contributed by atoms with Crippen LogP contribution in [-0.4, -0.2) is 97.4 Å². The summed E-state index contributed by atoms with van der Waals surface area (Å²) in [7, 11) is -5.17. The van der Waals surface area contributed by atoms with Crippen LogP contribution in [0.4, 0.5) is 16.5 Å². The normalized spacial score (nSPS) is 13.9. The Morgan fingerprint density at radius 3 is 2.17 bits per heavy atom. The summed E-state index contributed by atoms with van der Waals surface area (Å²) >= 11 is 1.54. The van der Waals surface area contributed by atoms with Crippen molar-refractivity contribution in [1.82, 2.24) is 19.8 Å². The van der Waals surface area contributed by atoms with E-state index in [9.17, 15) is 21.6 Å². The van der Waals surface area contributed by atoms with Crippen LogP contribution >= 0.6 is 11.3 Å². The maximum Gasteiger partial charge on any atom is 0.261 e. The second kappa shape index (κ2) is 16.7. The molecule has 1 amide bonds. The number of hydrogen-bond acceptors (Lipinski definition) is 11. The van der Waals surface area contributed by atoms with Crippen LogP contribution in [0.15, 0.2) is 72.4 Å². The average Bonchev–Trinajstić information content (AvgIpc) is 3.44. The summed E-state index contributed by atoms with van der Waals surface area (Å²) in [6.07, 6.45) is 4.99. The minimum absolute atomic E-state index is 0.121. The first-order valence-electron chi connectivity index (χ1n) is 13.9. The summed E-state index contributed by atoms with van der Waals surface area (Å²) in [4.78, 5) is 26.6. The van der Waals surface area contributed by atoms with E-state index >= 15 is 0 Å². The van der Waals surface area contributed by atoms with Crippen LogP contribution in [0.25, 0.3) is 11.3 Å². The predicted octanol–water partition coefficient (Wildman–Crippen LogP) is 4.26. The number of aryl methyl sites for hydroxylation is 1. The number of thiazole rings is 1. The van der Waals surface area contributed by atoms with Gasteiger partial charge >= 0.3 is 0 Å². The molecule has 1 fully saturated rings. The molecule has 0 spiro atoms. The second-order valence-electron chi connectivity index (χ2n) is 10.6. The van der Waals surface area contributed by atoms with Gasteiger partial charge in [-0.2, -0.15) is 16.8 Å². The van der Waals surface area contributed by atoms with Gasteiger partial charge in [-0.3, -0.25) is 23.8 Å². The van der Waals surface area contributed by atoms with E-state index in [0.717, 1.165) is 66.1 Å². The minimum Gasteiger partial charge on any atom is -0.331 e. The number of amides is 1. The van der Waals surface area contributed by atoms with Gasteiger partial charge < -0.3 is 15.5 Å². The molecule has 4 N–H and O–H groups in total. The van der Waals surface area contributed by atoms with Gasteiger partial charge in [0.15, 0.2) is 5.13 Å². The lowest BCUT2D eigenvalue weighted by Crippen LogP contribution is -2.43. The van der Waals surface area contributed by atoms with Crippen LogP contribution in [0, 0.1) is 6.92 Å². The van der Waals surface area contributed by atoms with Crippen LogP contribution in [-0.2, 0) is 26.8 Å². The number of nitrogens with zero attached hydrogens (tertiary/aromatic N) is 4. The summed E-state index contributed by atoms with van der Waals surface area (Å²) in [5.74, 6) is -0.121. The van der Waals surface area contributed by atoms with Gasteiger partial charge in [0.25, 0.3) is 26.1 Å². The lowest BCUT2D eigenvalue weighted by Gasteiger charge is -2.32. The van der Waals surface area contributed by atoms with Gasteiger partial charge in [-0.25, -0.2) is 4.98 Å². The number of anilines is 3. The number of rotatable bonds is 7. The number of pyridine rings is 1. The first-order valence-corrected chi connectivity index (χ1v) is 18.5. The number of piperazine rings is 1. The standard InChI is InChI=1S/C28H30N6OS.2CH4O3S/c1-20-5-10-24(16-25(20)31-28-32-26(19-36-28)23-4-3-11-29-17-23)30-27(35)22-8-6-21(7-9-22)18-34-14-12-33(2)13-15-34;2*1-5(2,3)4/h3-11,16-17,19H,12-15,18H2,1-2H3,(H,30,35)(H,31,32);2*1H3,(H,2,3,4). The van der Waals surface area contributed by atoms with Crippen LogP contribution in [0.5, 0.6) is 0 Å². The van der Waals surface area contributed by atoms with E-state index in [4.69, 9.17) is 9.11 Å². The zero-order valence-corrected chi connectivity index (χ0v) is 28.4. The molecule has 4 aromatic rings. The molecule has 46 heavy (non-hydrogen) atoms. The highest BCUT2D eigenvalue weighted by atomic mass is 32.2. The Kier molecular flexibility index (Phi) is 13.3. The van der Waals surface area contributed by atoms with E-state index in [1.54, 1.807) is 12.4 Å². The number of carbonyl (C=O) groups excluding carboxylic acids is 1. The van der Waals surface area contributed by atoms with Gasteiger partial charge in [-0.05, 0) is 61.5 Å². The van der Waals surface area contributed by atoms with Crippen molar-refractivity contribution in [3.63, 3.8) is 0 Å². The third-order valence-corrected chi connectivity index (χ3v) is 7.17. The van der Waals surface area contributed by atoms with Crippen molar-refractivity contribution in [2.45, 2.75) is 13.5 Å². The number of benzene rings is 2. The third kappa shape index (κ3) is 14.1. The van der Waals surface area contributed by atoms with Gasteiger partial charge in [0.1, 0.15) is 0 Å². The Morgan fingerprint density at radius 1 is 0.957 bits per heavy atom. The molecule has 2 aromatic heterocycles. The highest BCUT2D eigenvalue weighted by Crippen LogP contribution is 2.29. The van der Waals surface area contributed by atoms with E-state index in [0.29, 0.717) is 18.1 Å². The topological polar surface area (TPSA) is 182 Å². The van der Waals surface area contributed by atoms with E-state index in [-0.39, 0.29) is 5.91 Å². The van der Waals surface area contributed by atoms with Crippen molar-refractivity contribution >= 4 is 54.0 Å². The maximum atomic E-state index is 12.9. The monoisotopic (exact) mass is 690 g/mol. The van der Waals surface area contributed by atoms with E-state index in [1.807, 2.05) is 54.8 Å². The summed E-state index contributed by atoms with van der Waals surface area (Å²) in [6.45, 7) is 7.30. The Morgan fingerprint density at radius 2 is 1.59 bits per heavy atom. The number of hydrogen-bond donors (Lipinski definition) is 4. The van der Waals surface area contributed by atoms with Gasteiger partial charge in [-0.15, -0.1) is 11.3 Å². The van der Waals surface area contributed by atoms with Gasteiger partial charge in [-0.1, -0.05) is 18.2 Å². The molecule has 0 radical (unpaired) electrons. The van der Waals surface area contributed by atoms with Gasteiger partial charge in [0.2, 0.25) is 0 Å². The smallest absolute Gasteiger partial charge is 0.261 e. The molecule has 5 rings (SSSR count). The summed E-state index contributed by atoms with van der Waals surface area (Å²) in [5, 5.41) is 9.22. The summed E-state index contributed by atoms with van der Waals surface area (Å²) in [6, 6.07) is 17.7. The molecule has 0 atom stereocenters. The van der Waals surface area contributed by atoms with Crippen molar-refractivity contribution in [3.05, 3.63) is 89.1 Å². The molecule has 0 bridgehead atoms. The van der Waals surface area contributed by atoms with Crippen molar-refractivity contribution in [2.75, 3.05) is 56.4 Å². The molecular weight excluding hydrogens is 653 g/mol. The maximum absolute atomic E-state index is 12.9. The fourth-order valence-electron chi connectivity index (χ4n) is 4.16. The molecule has 0 saturated carbocycles. The number of aromatic nitrogens is 2. The Balaban J connectivity index is 0.000000503. The van der Waals surface area contributed by atoms with Crippen molar-refractivity contribution in [1.29, 1.82) is 0 Å². The van der Waals surface area contributed by atoms with Crippen molar-refractivity contribution < 1.29 is 30.7 Å². The lowest BCUT2D eigenvalue weighted by molar-refractivity contribution is 0.102. The van der Waals surface area contributed by atoms with Gasteiger partial charge in [0.05, 0.1) is 18.2 Å². The highest BCUT2D eigenvalue weighted by Gasteiger charge is 2.15. The van der Waals surface area contributed by atoms with Crippen LogP contribution in [0.1, 0.15) is 21.5 Å². The Bertz CT molecular complexity index is 1750. The number of likely N-dealkylation sites (N-methyl/N-ethyl adjacent to an activating group) is 1. The zero-order valence-electron chi connectivity index (χ0n) is 25.9. The summed E-state index contributed by atoms with van der Waals surface area (Å²) < 4.78 is 51.7. The fourth-order valence-corrected chi connectivity index (χ4v) is 4.89. The van der Waals surface area contributed by atoms with Crippen molar-refractivity contribution in [2.24, 2.45) is 0 Å². The Hall–Kier alpha value is -3.77. The summed E-state index contributed by atoms with van der Waals surface area (Å²) in [5.41, 5.74) is 6.45. The van der Waals surface area contributed by atoms with Crippen LogP contribution < -0.4 is 10.6 Å². The number of nitrogens with one attached hydrogen (secondary N) is 2. The quantitative estimate of drug-likeness (QED) is 0.203. The second-order valence-corrected chi connectivity index (χ2v) is 14.4. The molecule has 3 heterocycles. The van der Waals surface area contributed by atoms with E-state index in [1.165, 1.54) is 16.9 Å². The minimum atomic E-state index is -3.67. The van der Waals surface area contributed by atoms with Crippen LogP contribution in [0.2, 0.25) is 0 Å². The SMILES string of the molecule is CS(=O)(=O)O.CS(=O)(=O)O.Cc1ccc(NC(=O)c2ccc(CN3CCN(C)CC3)cc2)cc1Nc1nc(-c2cccnc2)cs1. The molecule has 1 saturated heterocycles. The molecule has 1 aliphatic heterocycles. The van der Waals surface area contributed by atoms with Gasteiger partial charge in [0, 0.05) is 73.0 Å². The van der Waals surface area contributed by atoms with Crippen LogP contribution in [0.3, 0.4) is 0 Å². The fraction of sp³-hybridized carbons (Fsp3) is 0.300. The zero-order chi connectivity index (χ0) is 33.9. The molecule has 2 aromatic carbocycles. The molecule has 13 nitrogen and oxygen atoms in total. The molecule has 1 aliphatic rings. The highest BCUT2D eigenvalue weighted by molar-refractivity contribution is 7.85.